The molecule has 1 saturated heterocycles. The maximum absolute atomic E-state index is 13.0. The van der Waals surface area contributed by atoms with Crippen molar-refractivity contribution >= 4 is 32.7 Å². The molecule has 25 heavy (non-hydrogen) atoms. The highest BCUT2D eigenvalue weighted by molar-refractivity contribution is 7.94. The van der Waals surface area contributed by atoms with E-state index in [1.54, 1.807) is 16.3 Å². The molecule has 0 radical (unpaired) electrons. The molecule has 0 saturated carbocycles. The van der Waals surface area contributed by atoms with Crippen molar-refractivity contribution in [2.45, 2.75) is 10.4 Å². The molecule has 1 aliphatic rings. The topological polar surface area (TPSA) is 58.6 Å². The van der Waals surface area contributed by atoms with Crippen LogP contribution in [-0.2, 0) is 20.9 Å². The van der Waals surface area contributed by atoms with Crippen molar-refractivity contribution in [3.63, 3.8) is 0 Å². The summed E-state index contributed by atoms with van der Waals surface area (Å²) in [5.41, 5.74) is -0.602. The van der Waals surface area contributed by atoms with E-state index in [4.69, 9.17) is 4.74 Å². The summed E-state index contributed by atoms with van der Waals surface area (Å²) in [5.74, 6) is 0. The number of nitrogens with one attached hydrogen (secondary N) is 1. The molecule has 0 aliphatic carbocycles. The van der Waals surface area contributed by atoms with Crippen LogP contribution in [0.4, 0.5) is 24.5 Å². The zero-order valence-corrected chi connectivity index (χ0v) is 14.5. The fraction of sp³-hybridized carbons (Fsp3) is 0.333. The predicted molar refractivity (Wildman–Crippen MR) is 89.6 cm³/mol. The lowest BCUT2D eigenvalue weighted by Gasteiger charge is -2.31. The van der Waals surface area contributed by atoms with Crippen molar-refractivity contribution in [1.29, 1.82) is 0 Å². The first-order chi connectivity index (χ1) is 11.8. The Hall–Kier alpha value is -1.78. The fourth-order valence-corrected chi connectivity index (χ4v) is 4.54. The van der Waals surface area contributed by atoms with Crippen molar-refractivity contribution in [3.05, 3.63) is 41.3 Å². The number of halogens is 3. The van der Waals surface area contributed by atoms with Gasteiger partial charge in [-0.25, -0.2) is 8.42 Å². The second-order valence-electron chi connectivity index (χ2n) is 5.37. The van der Waals surface area contributed by atoms with Gasteiger partial charge in [-0.05, 0) is 29.6 Å². The molecule has 10 heteroatoms. The minimum Gasteiger partial charge on any atom is -0.378 e. The first-order valence-corrected chi connectivity index (χ1v) is 9.74. The van der Waals surface area contributed by atoms with E-state index >= 15 is 0 Å². The number of rotatable bonds is 4. The summed E-state index contributed by atoms with van der Waals surface area (Å²) in [6.07, 6.45) is -4.56. The Morgan fingerprint density at radius 3 is 2.48 bits per heavy atom. The van der Waals surface area contributed by atoms with Crippen LogP contribution in [0.2, 0.25) is 0 Å². The van der Waals surface area contributed by atoms with Crippen LogP contribution in [-0.4, -0.2) is 34.7 Å². The van der Waals surface area contributed by atoms with Crippen molar-refractivity contribution in [2.75, 3.05) is 35.9 Å². The summed E-state index contributed by atoms with van der Waals surface area (Å²) < 4.78 is 71.6. The van der Waals surface area contributed by atoms with Crippen LogP contribution in [0.15, 0.2) is 39.9 Å². The molecule has 0 unspecified atom stereocenters. The average Bonchev–Trinajstić information content (AvgIpc) is 3.10. The number of anilines is 2. The standard InChI is InChI=1S/C15H15F3N2O3S2/c16-15(17,18)11-3-4-13(20-5-7-23-8-6-20)12(10-11)19-25(21,22)14-2-1-9-24-14/h1-4,9-10,19H,5-8H2. The third-order valence-corrected chi connectivity index (χ3v) is 6.44. The molecule has 0 bridgehead atoms. The number of hydrogen-bond donors (Lipinski definition) is 1. The summed E-state index contributed by atoms with van der Waals surface area (Å²) in [5, 5.41) is 1.59. The highest BCUT2D eigenvalue weighted by atomic mass is 32.2. The van der Waals surface area contributed by atoms with E-state index in [0.29, 0.717) is 32.0 Å². The monoisotopic (exact) mass is 392 g/mol. The molecule has 2 aromatic rings. The third-order valence-electron chi connectivity index (χ3n) is 3.68. The lowest BCUT2D eigenvalue weighted by atomic mass is 10.1. The summed E-state index contributed by atoms with van der Waals surface area (Å²) in [6.45, 7) is 1.80. The van der Waals surface area contributed by atoms with Gasteiger partial charge < -0.3 is 9.64 Å². The number of sulfonamides is 1. The van der Waals surface area contributed by atoms with Gasteiger partial charge in [0.25, 0.3) is 10.0 Å². The molecule has 0 spiro atoms. The number of ether oxygens (including phenoxy) is 1. The second-order valence-corrected chi connectivity index (χ2v) is 8.22. The molecule has 1 fully saturated rings. The molecular weight excluding hydrogens is 377 g/mol. The van der Waals surface area contributed by atoms with Crippen LogP contribution >= 0.6 is 11.3 Å². The average molecular weight is 392 g/mol. The molecule has 0 amide bonds. The van der Waals surface area contributed by atoms with Gasteiger partial charge >= 0.3 is 6.18 Å². The summed E-state index contributed by atoms with van der Waals surface area (Å²) in [4.78, 5) is 1.80. The van der Waals surface area contributed by atoms with Crippen molar-refractivity contribution in [2.24, 2.45) is 0 Å². The van der Waals surface area contributed by atoms with E-state index in [1.807, 2.05) is 0 Å². The van der Waals surface area contributed by atoms with Crippen LogP contribution in [0, 0.1) is 0 Å². The molecule has 1 N–H and O–H groups in total. The Morgan fingerprint density at radius 1 is 1.16 bits per heavy atom. The Morgan fingerprint density at radius 2 is 1.88 bits per heavy atom. The van der Waals surface area contributed by atoms with Gasteiger partial charge in [0.15, 0.2) is 0 Å². The molecule has 3 rings (SSSR count). The highest BCUT2D eigenvalue weighted by Gasteiger charge is 2.32. The van der Waals surface area contributed by atoms with E-state index in [0.717, 1.165) is 23.5 Å². The SMILES string of the molecule is O=S(=O)(Nc1cc(C(F)(F)F)ccc1N1CCOCC1)c1cccs1. The maximum Gasteiger partial charge on any atom is 0.416 e. The van der Waals surface area contributed by atoms with Gasteiger partial charge in [0.1, 0.15) is 4.21 Å². The van der Waals surface area contributed by atoms with Crippen LogP contribution in [0.3, 0.4) is 0 Å². The second kappa shape index (κ2) is 6.85. The molecule has 1 aromatic carbocycles. The fourth-order valence-electron chi connectivity index (χ4n) is 2.49. The van der Waals surface area contributed by atoms with E-state index in [1.165, 1.54) is 12.1 Å². The van der Waals surface area contributed by atoms with E-state index in [9.17, 15) is 21.6 Å². The smallest absolute Gasteiger partial charge is 0.378 e. The minimum atomic E-state index is -4.56. The van der Waals surface area contributed by atoms with Gasteiger partial charge in [-0.1, -0.05) is 6.07 Å². The number of alkyl halides is 3. The van der Waals surface area contributed by atoms with Gasteiger partial charge in [-0.2, -0.15) is 13.2 Å². The maximum atomic E-state index is 13.0. The molecule has 2 heterocycles. The predicted octanol–water partition coefficient (Wildman–Crippen LogP) is 3.40. The van der Waals surface area contributed by atoms with Crippen molar-refractivity contribution in [1.82, 2.24) is 0 Å². The number of hydrogen-bond acceptors (Lipinski definition) is 5. The lowest BCUT2D eigenvalue weighted by Crippen LogP contribution is -2.36. The Balaban J connectivity index is 2.01. The van der Waals surface area contributed by atoms with Gasteiger partial charge in [0.2, 0.25) is 0 Å². The summed E-state index contributed by atoms with van der Waals surface area (Å²) in [7, 11) is -3.95. The van der Waals surface area contributed by atoms with Crippen molar-refractivity contribution < 1.29 is 26.3 Å². The molecule has 5 nitrogen and oxygen atoms in total. The minimum absolute atomic E-state index is 0.0397. The molecular formula is C15H15F3N2O3S2. The van der Waals surface area contributed by atoms with Crippen LogP contribution in [0.25, 0.3) is 0 Å². The third kappa shape index (κ3) is 4.07. The number of morpholine rings is 1. The summed E-state index contributed by atoms with van der Waals surface area (Å²) in [6, 6.07) is 6.04. The van der Waals surface area contributed by atoms with Gasteiger partial charge in [-0.3, -0.25) is 4.72 Å². The molecule has 136 valence electrons. The molecule has 1 aliphatic heterocycles. The quantitative estimate of drug-likeness (QED) is 0.867. The van der Waals surface area contributed by atoms with Crippen LogP contribution < -0.4 is 9.62 Å². The van der Waals surface area contributed by atoms with Gasteiger partial charge in [0, 0.05) is 13.1 Å². The van der Waals surface area contributed by atoms with E-state index < -0.39 is 21.8 Å². The Labute approximate surface area is 147 Å². The van der Waals surface area contributed by atoms with E-state index in [2.05, 4.69) is 4.72 Å². The number of thiophene rings is 1. The van der Waals surface area contributed by atoms with Gasteiger partial charge in [-0.15, -0.1) is 11.3 Å². The number of benzene rings is 1. The van der Waals surface area contributed by atoms with Crippen molar-refractivity contribution in [3.8, 4) is 0 Å². The first kappa shape index (κ1) is 18.0. The Kier molecular flexibility index (Phi) is 4.94. The molecule has 0 atom stereocenters. The Bertz CT molecular complexity index is 830. The zero-order valence-electron chi connectivity index (χ0n) is 12.9. The van der Waals surface area contributed by atoms with Crippen LogP contribution in [0.5, 0.6) is 0 Å². The van der Waals surface area contributed by atoms with E-state index in [-0.39, 0.29) is 9.90 Å². The normalized spacial score (nSPS) is 16.0. The number of nitrogens with zero attached hydrogens (tertiary/aromatic N) is 1. The summed E-state index contributed by atoms with van der Waals surface area (Å²) >= 11 is 0.994. The van der Waals surface area contributed by atoms with Gasteiger partial charge in [0.05, 0.1) is 30.2 Å². The van der Waals surface area contributed by atoms with Crippen LogP contribution in [0.1, 0.15) is 5.56 Å². The molecule has 1 aromatic heterocycles. The zero-order chi connectivity index (χ0) is 18.1. The largest absolute Gasteiger partial charge is 0.416 e. The lowest BCUT2D eigenvalue weighted by molar-refractivity contribution is -0.137. The highest BCUT2D eigenvalue weighted by Crippen LogP contribution is 2.36. The first-order valence-electron chi connectivity index (χ1n) is 7.38.